The van der Waals surface area contributed by atoms with Gasteiger partial charge in [-0.1, -0.05) is 29.4 Å². The first-order chi connectivity index (χ1) is 8.10. The van der Waals surface area contributed by atoms with E-state index in [4.69, 9.17) is 5.11 Å². The van der Waals surface area contributed by atoms with Gasteiger partial charge in [0.1, 0.15) is 6.67 Å². The molecule has 0 radical (unpaired) electrons. The number of halogens is 1. The minimum Gasteiger partial charge on any atom is -0.392 e. The van der Waals surface area contributed by atoms with Gasteiger partial charge in [-0.25, -0.2) is 4.39 Å². The zero-order chi connectivity index (χ0) is 13.1. The van der Waals surface area contributed by atoms with E-state index in [0.717, 1.165) is 36.8 Å². The summed E-state index contributed by atoms with van der Waals surface area (Å²) in [7, 11) is 0. The summed E-state index contributed by atoms with van der Waals surface area (Å²) in [5.74, 6) is 0. The van der Waals surface area contributed by atoms with Crippen molar-refractivity contribution in [2.45, 2.75) is 46.5 Å². The number of aliphatic hydroxyl groups is 1. The lowest BCUT2D eigenvalue weighted by Gasteiger charge is -2.02. The van der Waals surface area contributed by atoms with Crippen LogP contribution in [0.2, 0.25) is 0 Å². The van der Waals surface area contributed by atoms with Crippen LogP contribution in [0.4, 0.5) is 4.39 Å². The molecule has 0 aliphatic heterocycles. The van der Waals surface area contributed by atoms with Gasteiger partial charge in [0.05, 0.1) is 6.61 Å². The molecule has 0 fully saturated rings. The molecule has 0 saturated carbocycles. The highest BCUT2D eigenvalue weighted by Gasteiger charge is 1.96. The third-order valence-electron chi connectivity index (χ3n) is 2.60. The smallest absolute Gasteiger partial charge is 0.111 e. The summed E-state index contributed by atoms with van der Waals surface area (Å²) in [6.07, 6.45) is 9.41. The van der Waals surface area contributed by atoms with Gasteiger partial charge in [0.2, 0.25) is 0 Å². The molecule has 0 atom stereocenters. The Hall–Kier alpha value is -0.890. The predicted molar refractivity (Wildman–Crippen MR) is 72.8 cm³/mol. The van der Waals surface area contributed by atoms with Crippen molar-refractivity contribution in [3.63, 3.8) is 0 Å². The molecule has 0 heterocycles. The van der Waals surface area contributed by atoms with Gasteiger partial charge in [-0.05, 0) is 52.0 Å². The van der Waals surface area contributed by atoms with Crippen molar-refractivity contribution in [3.05, 3.63) is 34.9 Å². The van der Waals surface area contributed by atoms with Crippen molar-refractivity contribution < 1.29 is 9.50 Å². The third-order valence-corrected chi connectivity index (χ3v) is 2.60. The summed E-state index contributed by atoms with van der Waals surface area (Å²) in [4.78, 5) is 0. The maximum atomic E-state index is 12.7. The van der Waals surface area contributed by atoms with Gasteiger partial charge in [0.25, 0.3) is 0 Å². The largest absolute Gasteiger partial charge is 0.392 e. The van der Waals surface area contributed by atoms with E-state index in [1.807, 2.05) is 13.0 Å². The minimum atomic E-state index is -0.348. The molecule has 0 aromatic carbocycles. The summed E-state index contributed by atoms with van der Waals surface area (Å²) in [5.41, 5.74) is 3.33. The van der Waals surface area contributed by atoms with Crippen LogP contribution < -0.4 is 0 Å². The predicted octanol–water partition coefficient (Wildman–Crippen LogP) is 4.35. The number of hydrogen-bond acceptors (Lipinski definition) is 1. The number of hydrogen-bond donors (Lipinski definition) is 1. The Morgan fingerprint density at radius 1 is 1.00 bits per heavy atom. The summed E-state index contributed by atoms with van der Waals surface area (Å²) in [6, 6.07) is 0. The van der Waals surface area contributed by atoms with Crippen molar-refractivity contribution in [2.24, 2.45) is 0 Å². The van der Waals surface area contributed by atoms with Crippen LogP contribution >= 0.6 is 0 Å². The van der Waals surface area contributed by atoms with Gasteiger partial charge < -0.3 is 5.11 Å². The lowest BCUT2D eigenvalue weighted by atomic mass is 10.1. The van der Waals surface area contributed by atoms with Gasteiger partial charge in [-0.3, -0.25) is 0 Å². The first kappa shape index (κ1) is 16.1. The maximum Gasteiger partial charge on any atom is 0.111 e. The molecule has 0 aromatic heterocycles. The summed E-state index contributed by atoms with van der Waals surface area (Å²) < 4.78 is 12.7. The Labute approximate surface area is 105 Å². The number of alkyl halides is 1. The SMILES string of the molecule is CC(C)=CCC/C(=C/CC/C(C)=C/CO)CF. The van der Waals surface area contributed by atoms with Crippen molar-refractivity contribution >= 4 is 0 Å². The van der Waals surface area contributed by atoms with Crippen molar-refractivity contribution in [1.29, 1.82) is 0 Å². The first-order valence-electron chi connectivity index (χ1n) is 6.23. The molecule has 0 amide bonds. The molecule has 0 unspecified atom stereocenters. The number of aliphatic hydroxyl groups excluding tert-OH is 1. The van der Waals surface area contributed by atoms with Gasteiger partial charge >= 0.3 is 0 Å². The van der Waals surface area contributed by atoms with Crippen LogP contribution in [0.25, 0.3) is 0 Å². The minimum absolute atomic E-state index is 0.0894. The lowest BCUT2D eigenvalue weighted by molar-refractivity contribution is 0.341. The van der Waals surface area contributed by atoms with E-state index in [1.54, 1.807) is 6.08 Å². The monoisotopic (exact) mass is 240 g/mol. The average molecular weight is 240 g/mol. The summed E-state index contributed by atoms with van der Waals surface area (Å²) in [5, 5.41) is 8.70. The molecule has 0 spiro atoms. The zero-order valence-corrected chi connectivity index (χ0v) is 11.3. The fourth-order valence-corrected chi connectivity index (χ4v) is 1.53. The molecule has 1 nitrogen and oxygen atoms in total. The van der Waals surface area contributed by atoms with E-state index in [-0.39, 0.29) is 13.3 Å². The van der Waals surface area contributed by atoms with Crippen LogP contribution in [0.15, 0.2) is 34.9 Å². The highest BCUT2D eigenvalue weighted by Crippen LogP contribution is 2.12. The molecule has 98 valence electrons. The van der Waals surface area contributed by atoms with Crippen LogP contribution in [0.3, 0.4) is 0 Å². The molecule has 17 heavy (non-hydrogen) atoms. The molecular formula is C15H25FO. The lowest BCUT2D eigenvalue weighted by Crippen LogP contribution is -1.87. The Morgan fingerprint density at radius 2 is 1.65 bits per heavy atom. The van der Waals surface area contributed by atoms with Crippen LogP contribution in [0.1, 0.15) is 46.5 Å². The molecular weight excluding hydrogens is 215 g/mol. The Balaban J connectivity index is 4.01. The highest BCUT2D eigenvalue weighted by atomic mass is 19.1. The molecule has 0 rings (SSSR count). The van der Waals surface area contributed by atoms with Gasteiger partial charge in [0, 0.05) is 0 Å². The Bertz CT molecular complexity index is 283. The molecule has 0 aliphatic rings. The molecule has 1 N–H and O–H groups in total. The molecule has 0 bridgehead atoms. The fraction of sp³-hybridized carbons (Fsp3) is 0.600. The molecule has 0 aromatic rings. The Kier molecular flexibility index (Phi) is 9.74. The van der Waals surface area contributed by atoms with Crippen LogP contribution in [-0.4, -0.2) is 18.4 Å². The van der Waals surface area contributed by atoms with Crippen molar-refractivity contribution in [1.82, 2.24) is 0 Å². The molecule has 0 aliphatic carbocycles. The normalized spacial score (nSPS) is 12.8. The summed E-state index contributed by atoms with van der Waals surface area (Å²) >= 11 is 0. The molecule has 2 heteroatoms. The molecule has 0 saturated heterocycles. The topological polar surface area (TPSA) is 20.2 Å². The standard InChI is InChI=1S/C15H25FO/c1-13(2)6-4-8-15(12-16)9-5-7-14(3)10-11-17/h6,9-10,17H,4-5,7-8,11-12H2,1-3H3/b14-10+,15-9-. The number of rotatable bonds is 8. The van der Waals surface area contributed by atoms with E-state index in [2.05, 4.69) is 19.9 Å². The summed E-state index contributed by atoms with van der Waals surface area (Å²) in [6.45, 7) is 5.84. The zero-order valence-electron chi connectivity index (χ0n) is 11.3. The highest BCUT2D eigenvalue weighted by molar-refractivity contribution is 5.07. The second-order valence-corrected chi connectivity index (χ2v) is 4.59. The average Bonchev–Trinajstić information content (AvgIpc) is 2.27. The first-order valence-corrected chi connectivity index (χ1v) is 6.23. The van der Waals surface area contributed by atoms with Crippen molar-refractivity contribution in [2.75, 3.05) is 13.3 Å². The Morgan fingerprint density at radius 3 is 2.18 bits per heavy atom. The van der Waals surface area contributed by atoms with E-state index < -0.39 is 0 Å². The third kappa shape index (κ3) is 10.0. The van der Waals surface area contributed by atoms with E-state index in [1.165, 1.54) is 5.57 Å². The van der Waals surface area contributed by atoms with Crippen LogP contribution in [0, 0.1) is 0 Å². The second kappa shape index (κ2) is 10.3. The van der Waals surface area contributed by atoms with E-state index in [9.17, 15) is 4.39 Å². The van der Waals surface area contributed by atoms with Gasteiger partial charge in [-0.2, -0.15) is 0 Å². The van der Waals surface area contributed by atoms with E-state index in [0.29, 0.717) is 0 Å². The van der Waals surface area contributed by atoms with Crippen LogP contribution in [0.5, 0.6) is 0 Å². The maximum absolute atomic E-state index is 12.7. The second-order valence-electron chi connectivity index (χ2n) is 4.59. The van der Waals surface area contributed by atoms with Crippen LogP contribution in [-0.2, 0) is 0 Å². The van der Waals surface area contributed by atoms with Crippen molar-refractivity contribution in [3.8, 4) is 0 Å². The fourth-order valence-electron chi connectivity index (χ4n) is 1.53. The van der Waals surface area contributed by atoms with E-state index >= 15 is 0 Å². The quantitative estimate of drug-likeness (QED) is 0.625. The number of allylic oxidation sites excluding steroid dienone is 5. The van der Waals surface area contributed by atoms with Gasteiger partial charge in [-0.15, -0.1) is 0 Å². The van der Waals surface area contributed by atoms with Gasteiger partial charge in [0.15, 0.2) is 0 Å².